The van der Waals surface area contributed by atoms with Crippen LogP contribution in [-0.4, -0.2) is 23.9 Å². The van der Waals surface area contributed by atoms with Crippen LogP contribution in [0.15, 0.2) is 35.7 Å². The predicted molar refractivity (Wildman–Crippen MR) is 65.5 cm³/mol. The first kappa shape index (κ1) is 12.6. The average molecular weight is 238 g/mol. The van der Waals surface area contributed by atoms with Crippen molar-refractivity contribution in [3.8, 4) is 5.75 Å². The molecule has 3 nitrogen and oxygen atoms in total. The molecule has 4 heteroatoms. The Morgan fingerprint density at radius 1 is 1.62 bits per heavy atom. The van der Waals surface area contributed by atoms with Crippen LogP contribution in [0.4, 0.5) is 0 Å². The summed E-state index contributed by atoms with van der Waals surface area (Å²) in [5.74, 6) is -0.542. The number of thioether (sulfide) groups is 1. The quantitative estimate of drug-likeness (QED) is 0.470. The molecule has 0 fully saturated rings. The van der Waals surface area contributed by atoms with Gasteiger partial charge in [0.05, 0.1) is 6.61 Å². The molecule has 0 bridgehead atoms. The minimum absolute atomic E-state index is 0.235. The van der Waals surface area contributed by atoms with Crippen molar-refractivity contribution in [1.29, 1.82) is 0 Å². The van der Waals surface area contributed by atoms with Gasteiger partial charge in [-0.2, -0.15) is 0 Å². The van der Waals surface area contributed by atoms with Crippen molar-refractivity contribution in [2.24, 2.45) is 0 Å². The van der Waals surface area contributed by atoms with Crippen molar-refractivity contribution in [2.45, 2.75) is 11.3 Å². The van der Waals surface area contributed by atoms with Crippen LogP contribution >= 0.6 is 11.8 Å². The normalized spacial score (nSPS) is 9.81. The Hall–Kier alpha value is -1.42. The van der Waals surface area contributed by atoms with Crippen LogP contribution in [0.3, 0.4) is 0 Å². The van der Waals surface area contributed by atoms with E-state index in [0.29, 0.717) is 23.7 Å². The van der Waals surface area contributed by atoms with Gasteiger partial charge in [-0.3, -0.25) is 0 Å². The molecule has 1 aromatic rings. The molecule has 0 amide bonds. The number of carboxylic acids is 1. The lowest BCUT2D eigenvalue weighted by molar-refractivity contribution is 0.0688. The molecule has 16 heavy (non-hydrogen) atoms. The highest BCUT2D eigenvalue weighted by molar-refractivity contribution is 7.98. The third-order valence-electron chi connectivity index (χ3n) is 2.00. The summed E-state index contributed by atoms with van der Waals surface area (Å²) >= 11 is 1.40. The molecule has 0 aliphatic rings. The van der Waals surface area contributed by atoms with E-state index in [0.717, 1.165) is 0 Å². The van der Waals surface area contributed by atoms with E-state index < -0.39 is 5.97 Å². The van der Waals surface area contributed by atoms with E-state index in [1.807, 2.05) is 6.26 Å². The number of rotatable bonds is 6. The molecule has 0 radical (unpaired) electrons. The summed E-state index contributed by atoms with van der Waals surface area (Å²) in [4.78, 5) is 11.8. The molecule has 0 aromatic heterocycles. The Kier molecular flexibility index (Phi) is 4.92. The molecule has 0 spiro atoms. The topological polar surface area (TPSA) is 46.5 Å². The number of hydrogen-bond acceptors (Lipinski definition) is 3. The van der Waals surface area contributed by atoms with Crippen molar-refractivity contribution in [2.75, 3.05) is 12.9 Å². The van der Waals surface area contributed by atoms with Gasteiger partial charge in [0.2, 0.25) is 0 Å². The van der Waals surface area contributed by atoms with Crippen molar-refractivity contribution in [3.63, 3.8) is 0 Å². The van der Waals surface area contributed by atoms with Gasteiger partial charge in [0.1, 0.15) is 11.3 Å². The van der Waals surface area contributed by atoms with Crippen molar-refractivity contribution >= 4 is 17.7 Å². The summed E-state index contributed by atoms with van der Waals surface area (Å²) in [5, 5.41) is 9.12. The Morgan fingerprint density at radius 3 is 2.94 bits per heavy atom. The standard InChI is InChI=1S/C12H14O3S/c1-3-4-8-15-9-6-5-7-10(16-2)11(9)12(13)14/h3,5-7H,1,4,8H2,2H3,(H,13,14). The fraction of sp³-hybridized carbons (Fsp3) is 0.250. The zero-order chi connectivity index (χ0) is 12.0. The second-order valence-corrected chi connectivity index (χ2v) is 3.91. The molecule has 0 atom stereocenters. The first-order valence-electron chi connectivity index (χ1n) is 4.84. The Balaban J connectivity index is 2.97. The molecular weight excluding hydrogens is 224 g/mol. The molecule has 1 aromatic carbocycles. The van der Waals surface area contributed by atoms with Crippen LogP contribution in [0.2, 0.25) is 0 Å². The Morgan fingerprint density at radius 2 is 2.38 bits per heavy atom. The minimum Gasteiger partial charge on any atom is -0.492 e. The largest absolute Gasteiger partial charge is 0.492 e. The second-order valence-electron chi connectivity index (χ2n) is 3.06. The third kappa shape index (κ3) is 3.03. The van der Waals surface area contributed by atoms with Gasteiger partial charge in [-0.05, 0) is 24.8 Å². The summed E-state index contributed by atoms with van der Waals surface area (Å²) in [7, 11) is 0. The fourth-order valence-corrected chi connectivity index (χ4v) is 1.87. The summed E-state index contributed by atoms with van der Waals surface area (Å²) < 4.78 is 5.42. The molecule has 0 unspecified atom stereocenters. The van der Waals surface area contributed by atoms with Gasteiger partial charge in [0.15, 0.2) is 0 Å². The van der Waals surface area contributed by atoms with E-state index in [-0.39, 0.29) is 5.56 Å². The third-order valence-corrected chi connectivity index (χ3v) is 2.78. The van der Waals surface area contributed by atoms with Crippen molar-refractivity contribution < 1.29 is 14.6 Å². The average Bonchev–Trinajstić information content (AvgIpc) is 2.28. The van der Waals surface area contributed by atoms with E-state index in [1.54, 1.807) is 24.3 Å². The summed E-state index contributed by atoms with van der Waals surface area (Å²) in [5.41, 5.74) is 0.235. The molecule has 0 saturated heterocycles. The molecule has 0 saturated carbocycles. The number of benzene rings is 1. The lowest BCUT2D eigenvalue weighted by Crippen LogP contribution is -2.05. The van der Waals surface area contributed by atoms with Crippen LogP contribution in [0.5, 0.6) is 5.75 Å². The molecule has 0 heterocycles. The maximum atomic E-state index is 11.1. The lowest BCUT2D eigenvalue weighted by atomic mass is 10.2. The van der Waals surface area contributed by atoms with Gasteiger partial charge in [-0.25, -0.2) is 4.79 Å². The molecular formula is C12H14O3S. The van der Waals surface area contributed by atoms with Gasteiger partial charge in [0.25, 0.3) is 0 Å². The number of ether oxygens (including phenoxy) is 1. The maximum absolute atomic E-state index is 11.1. The Bertz CT molecular complexity index is 388. The van der Waals surface area contributed by atoms with E-state index in [4.69, 9.17) is 9.84 Å². The lowest BCUT2D eigenvalue weighted by Gasteiger charge is -2.10. The van der Waals surface area contributed by atoms with Gasteiger partial charge < -0.3 is 9.84 Å². The second kappa shape index (κ2) is 6.23. The summed E-state index contributed by atoms with van der Waals surface area (Å²) in [6.07, 6.45) is 4.27. The number of carboxylic acid groups (broad SMARTS) is 1. The smallest absolute Gasteiger partial charge is 0.340 e. The van der Waals surface area contributed by atoms with Crippen LogP contribution < -0.4 is 4.74 Å². The first-order valence-corrected chi connectivity index (χ1v) is 6.07. The molecule has 0 aliphatic heterocycles. The zero-order valence-electron chi connectivity index (χ0n) is 9.10. The van der Waals surface area contributed by atoms with Gasteiger partial charge >= 0.3 is 5.97 Å². The maximum Gasteiger partial charge on any atom is 0.340 e. The highest BCUT2D eigenvalue weighted by Crippen LogP contribution is 2.28. The first-order chi connectivity index (χ1) is 7.70. The molecule has 1 N–H and O–H groups in total. The molecule has 86 valence electrons. The number of carbonyl (C=O) groups is 1. The van der Waals surface area contributed by atoms with Crippen LogP contribution in [0, 0.1) is 0 Å². The highest BCUT2D eigenvalue weighted by Gasteiger charge is 2.15. The van der Waals surface area contributed by atoms with Crippen LogP contribution in [0.1, 0.15) is 16.8 Å². The SMILES string of the molecule is C=CCCOc1cccc(SC)c1C(=O)O. The van der Waals surface area contributed by atoms with Gasteiger partial charge in [0, 0.05) is 4.90 Å². The molecule has 0 aliphatic carbocycles. The van der Waals surface area contributed by atoms with Gasteiger partial charge in [-0.15, -0.1) is 18.3 Å². The van der Waals surface area contributed by atoms with Gasteiger partial charge in [-0.1, -0.05) is 12.1 Å². The molecule has 1 rings (SSSR count). The van der Waals surface area contributed by atoms with E-state index in [1.165, 1.54) is 11.8 Å². The fourth-order valence-electron chi connectivity index (χ4n) is 1.26. The van der Waals surface area contributed by atoms with E-state index in [9.17, 15) is 4.79 Å². The predicted octanol–water partition coefficient (Wildman–Crippen LogP) is 3.06. The van der Waals surface area contributed by atoms with Crippen molar-refractivity contribution in [3.05, 3.63) is 36.4 Å². The minimum atomic E-state index is -0.960. The Labute approximate surface area is 99.1 Å². The van der Waals surface area contributed by atoms with Crippen LogP contribution in [0.25, 0.3) is 0 Å². The summed E-state index contributed by atoms with van der Waals surface area (Å²) in [6, 6.07) is 5.24. The highest BCUT2D eigenvalue weighted by atomic mass is 32.2. The number of aromatic carboxylic acids is 1. The number of hydrogen-bond donors (Lipinski definition) is 1. The zero-order valence-corrected chi connectivity index (χ0v) is 9.92. The summed E-state index contributed by atoms with van der Waals surface area (Å²) in [6.45, 7) is 4.03. The van der Waals surface area contributed by atoms with E-state index in [2.05, 4.69) is 6.58 Å². The van der Waals surface area contributed by atoms with Crippen molar-refractivity contribution in [1.82, 2.24) is 0 Å². The monoisotopic (exact) mass is 238 g/mol. The van der Waals surface area contributed by atoms with E-state index >= 15 is 0 Å². The van der Waals surface area contributed by atoms with Crippen LogP contribution in [-0.2, 0) is 0 Å².